The normalized spacial score (nSPS) is 18.5. The first-order valence-electron chi connectivity index (χ1n) is 9.44. The third-order valence-electron chi connectivity index (χ3n) is 6.21. The highest BCUT2D eigenvalue weighted by molar-refractivity contribution is 6.01. The highest BCUT2D eigenvalue weighted by Crippen LogP contribution is 2.45. The van der Waals surface area contributed by atoms with Gasteiger partial charge in [0.05, 0.1) is 17.0 Å². The predicted molar refractivity (Wildman–Crippen MR) is 100.0 cm³/mol. The summed E-state index contributed by atoms with van der Waals surface area (Å²) in [5.74, 6) is -0.222. The number of aryl methyl sites for hydroxylation is 1. The van der Waals surface area contributed by atoms with Crippen LogP contribution < -0.4 is 5.32 Å². The number of fused-ring (bicyclic) bond motifs is 5. The lowest BCUT2D eigenvalue weighted by Gasteiger charge is -2.24. The fourth-order valence-corrected chi connectivity index (χ4v) is 4.61. The summed E-state index contributed by atoms with van der Waals surface area (Å²) in [6.45, 7) is 0. The Morgan fingerprint density at radius 1 is 1.11 bits per heavy atom. The van der Waals surface area contributed by atoms with Gasteiger partial charge in [0, 0.05) is 35.0 Å². The van der Waals surface area contributed by atoms with Gasteiger partial charge in [0.1, 0.15) is 5.82 Å². The summed E-state index contributed by atoms with van der Waals surface area (Å²) < 4.78 is 14.2. The Labute approximate surface area is 155 Å². The van der Waals surface area contributed by atoms with Crippen molar-refractivity contribution in [1.29, 1.82) is 0 Å². The average molecular weight is 359 g/mol. The summed E-state index contributed by atoms with van der Waals surface area (Å²) >= 11 is 0. The molecule has 134 valence electrons. The minimum atomic E-state index is -0.276. The second kappa shape index (κ2) is 5.06. The number of rotatable bonds is 1. The lowest BCUT2D eigenvalue weighted by molar-refractivity contribution is 0.0917. The number of nitrogens with one attached hydrogen (secondary N) is 2. The minimum absolute atomic E-state index is 0.0169. The molecule has 1 fully saturated rings. The Morgan fingerprint density at radius 2 is 1.96 bits per heavy atom. The van der Waals surface area contributed by atoms with Crippen molar-refractivity contribution in [2.75, 3.05) is 0 Å². The van der Waals surface area contributed by atoms with E-state index in [1.807, 2.05) is 18.3 Å². The molecule has 1 aromatic carbocycles. The van der Waals surface area contributed by atoms with E-state index in [1.165, 1.54) is 6.07 Å². The van der Waals surface area contributed by atoms with Crippen LogP contribution in [0.2, 0.25) is 0 Å². The third kappa shape index (κ3) is 2.14. The van der Waals surface area contributed by atoms with E-state index in [1.54, 1.807) is 12.1 Å². The number of aromatic amines is 1. The minimum Gasteiger partial charge on any atom is -0.357 e. The molecule has 1 aliphatic heterocycles. The van der Waals surface area contributed by atoms with Gasteiger partial charge in [-0.05, 0) is 55.0 Å². The molecular weight excluding hydrogens is 341 g/mol. The van der Waals surface area contributed by atoms with E-state index >= 15 is 0 Å². The Bertz CT molecular complexity index is 1130. The van der Waals surface area contributed by atoms with Crippen LogP contribution in [0.3, 0.4) is 0 Å². The monoisotopic (exact) mass is 359 g/mol. The van der Waals surface area contributed by atoms with E-state index in [0.717, 1.165) is 65.7 Å². The van der Waals surface area contributed by atoms with E-state index in [-0.39, 0.29) is 17.3 Å². The van der Waals surface area contributed by atoms with Gasteiger partial charge in [0.15, 0.2) is 0 Å². The number of pyridine rings is 1. The van der Waals surface area contributed by atoms with Gasteiger partial charge < -0.3 is 10.3 Å². The number of hydrogen-bond acceptors (Lipinski definition) is 2. The summed E-state index contributed by atoms with van der Waals surface area (Å²) in [6, 6.07) is 8.66. The van der Waals surface area contributed by atoms with Crippen LogP contribution in [0.4, 0.5) is 4.39 Å². The fourth-order valence-electron chi connectivity index (χ4n) is 4.61. The molecule has 2 aromatic heterocycles. The quantitative estimate of drug-likeness (QED) is 0.694. The van der Waals surface area contributed by atoms with Crippen LogP contribution >= 0.6 is 0 Å². The number of halogens is 1. The maximum Gasteiger partial charge on any atom is 0.253 e. The summed E-state index contributed by atoms with van der Waals surface area (Å²) in [6.07, 6.45) is 6.51. The largest absolute Gasteiger partial charge is 0.357 e. The average Bonchev–Trinajstić information content (AvgIpc) is 3.28. The maximum absolute atomic E-state index is 14.2. The van der Waals surface area contributed by atoms with Crippen molar-refractivity contribution < 1.29 is 9.18 Å². The Hall–Kier alpha value is -2.95. The van der Waals surface area contributed by atoms with Crippen molar-refractivity contribution in [3.63, 3.8) is 0 Å². The van der Waals surface area contributed by atoms with Gasteiger partial charge in [0.25, 0.3) is 5.91 Å². The molecule has 2 N–H and O–H groups in total. The zero-order valence-corrected chi connectivity index (χ0v) is 14.7. The first kappa shape index (κ1) is 15.1. The van der Waals surface area contributed by atoms with Crippen molar-refractivity contribution in [2.45, 2.75) is 37.6 Å². The molecule has 1 amide bonds. The van der Waals surface area contributed by atoms with Crippen LogP contribution in [0.5, 0.6) is 0 Å². The number of hydrogen-bond donors (Lipinski definition) is 2. The van der Waals surface area contributed by atoms with Crippen molar-refractivity contribution in [1.82, 2.24) is 15.3 Å². The molecule has 5 heteroatoms. The van der Waals surface area contributed by atoms with Crippen LogP contribution in [0.15, 0.2) is 36.5 Å². The second-order valence-electron chi connectivity index (χ2n) is 7.95. The lowest BCUT2D eigenvalue weighted by atomic mass is 9.87. The van der Waals surface area contributed by atoms with Crippen LogP contribution in [0.25, 0.3) is 22.5 Å². The highest BCUT2D eigenvalue weighted by atomic mass is 19.1. The first-order valence-corrected chi connectivity index (χ1v) is 9.44. The Morgan fingerprint density at radius 3 is 2.78 bits per heavy atom. The smallest absolute Gasteiger partial charge is 0.253 e. The predicted octanol–water partition coefficient (Wildman–Crippen LogP) is 3.80. The lowest BCUT2D eigenvalue weighted by Crippen LogP contribution is -2.43. The molecule has 1 saturated carbocycles. The van der Waals surface area contributed by atoms with E-state index in [2.05, 4.69) is 15.3 Å². The number of carbonyl (C=O) groups is 1. The maximum atomic E-state index is 14.2. The van der Waals surface area contributed by atoms with Crippen molar-refractivity contribution in [2.24, 2.45) is 0 Å². The Kier molecular flexibility index (Phi) is 2.84. The molecule has 3 heterocycles. The van der Waals surface area contributed by atoms with E-state index in [9.17, 15) is 9.18 Å². The van der Waals surface area contributed by atoms with E-state index in [4.69, 9.17) is 0 Å². The standard InChI is InChI=1S/C22H18FN3O/c23-16-4-2-1-3-13(16)17-9-15-12(11-24-17)5-6-14-19-18(25-20(14)15)10-22(7-8-22)26-21(19)27/h1-4,9,11,25H,5-8,10H2,(H,26,27). The molecule has 0 saturated heterocycles. The third-order valence-corrected chi connectivity index (χ3v) is 6.21. The van der Waals surface area contributed by atoms with Crippen molar-refractivity contribution >= 4 is 5.91 Å². The molecular formula is C22H18FN3O. The van der Waals surface area contributed by atoms with Crippen molar-refractivity contribution in [3.05, 3.63) is 64.7 Å². The zero-order chi connectivity index (χ0) is 18.2. The summed E-state index contributed by atoms with van der Waals surface area (Å²) in [5.41, 5.74) is 7.27. The van der Waals surface area contributed by atoms with Gasteiger partial charge in [-0.3, -0.25) is 9.78 Å². The molecule has 1 spiro atoms. The summed E-state index contributed by atoms with van der Waals surface area (Å²) in [5, 5.41) is 3.21. The fraction of sp³-hybridized carbons (Fsp3) is 0.273. The first-order chi connectivity index (χ1) is 13.1. The summed E-state index contributed by atoms with van der Waals surface area (Å²) in [4.78, 5) is 20.8. The summed E-state index contributed by atoms with van der Waals surface area (Å²) in [7, 11) is 0. The van der Waals surface area contributed by atoms with Gasteiger partial charge in [0.2, 0.25) is 0 Å². The number of nitrogens with zero attached hydrogens (tertiary/aromatic N) is 1. The van der Waals surface area contributed by atoms with E-state index in [0.29, 0.717) is 11.3 Å². The molecule has 0 bridgehead atoms. The SMILES string of the molecule is O=C1NC2(CC2)Cc2[nH]c3c(c21)CCc1cnc(-c2ccccc2F)cc1-3. The second-order valence-corrected chi connectivity index (χ2v) is 7.95. The van der Waals surface area contributed by atoms with E-state index < -0.39 is 0 Å². The van der Waals surface area contributed by atoms with Gasteiger partial charge in [-0.25, -0.2) is 4.39 Å². The number of H-pyrrole nitrogens is 1. The zero-order valence-electron chi connectivity index (χ0n) is 14.7. The number of benzene rings is 1. The van der Waals surface area contributed by atoms with Crippen LogP contribution in [0.1, 0.15) is 40.0 Å². The molecule has 3 aromatic rings. The molecule has 0 radical (unpaired) electrons. The molecule has 6 rings (SSSR count). The van der Waals surface area contributed by atoms with Gasteiger partial charge in [-0.15, -0.1) is 0 Å². The van der Waals surface area contributed by atoms with Crippen LogP contribution in [-0.2, 0) is 19.3 Å². The highest BCUT2D eigenvalue weighted by Gasteiger charge is 2.49. The Balaban J connectivity index is 1.52. The molecule has 0 unspecified atom stereocenters. The molecule has 27 heavy (non-hydrogen) atoms. The molecule has 3 aliphatic rings. The van der Waals surface area contributed by atoms with Crippen LogP contribution in [-0.4, -0.2) is 21.4 Å². The molecule has 4 nitrogen and oxygen atoms in total. The molecule has 2 aliphatic carbocycles. The molecule has 0 atom stereocenters. The van der Waals surface area contributed by atoms with Crippen LogP contribution in [0, 0.1) is 5.82 Å². The van der Waals surface area contributed by atoms with Gasteiger partial charge in [-0.2, -0.15) is 0 Å². The van der Waals surface area contributed by atoms with Crippen molar-refractivity contribution in [3.8, 4) is 22.5 Å². The topological polar surface area (TPSA) is 57.8 Å². The van der Waals surface area contributed by atoms with Gasteiger partial charge >= 0.3 is 0 Å². The number of amides is 1. The number of carbonyl (C=O) groups excluding carboxylic acids is 1. The van der Waals surface area contributed by atoms with Gasteiger partial charge in [-0.1, -0.05) is 12.1 Å². The number of aromatic nitrogens is 2.